The lowest BCUT2D eigenvalue weighted by Gasteiger charge is -2.45. The Hall–Kier alpha value is -2.19. The number of phosphoric acid groups is 5. The highest BCUT2D eigenvalue weighted by Crippen LogP contribution is 2.65. The molecule has 2 aromatic rings. The summed E-state index contributed by atoms with van der Waals surface area (Å²) in [5.74, 6) is 0.531. The monoisotopic (exact) mass is 1110 g/mol. The van der Waals surface area contributed by atoms with E-state index in [0.29, 0.717) is 0 Å². The number of nitrogens with one attached hydrogen (secondary N) is 1. The summed E-state index contributed by atoms with van der Waals surface area (Å²) in [6.45, 7) is -4.33. The molecule has 0 saturated carbocycles. The Labute approximate surface area is 388 Å². The van der Waals surface area contributed by atoms with Gasteiger partial charge in [0.1, 0.15) is 0 Å². The number of nitrogens with two attached hydrogens (primary N) is 6. The van der Waals surface area contributed by atoms with Crippen LogP contribution in [-0.2, 0) is 99.8 Å². The Bertz CT molecular complexity index is 1990. The molecule has 12 aliphatic rings. The maximum absolute atomic E-state index is 12.3. The van der Waals surface area contributed by atoms with Crippen LogP contribution in [0.15, 0.2) is 0 Å². The maximum Gasteiger partial charge on any atom is 0.474 e. The van der Waals surface area contributed by atoms with E-state index in [1.54, 1.807) is 0 Å². The van der Waals surface area contributed by atoms with E-state index in [1.165, 1.54) is 0 Å². The van der Waals surface area contributed by atoms with Gasteiger partial charge >= 0.3 is 56.1 Å². The van der Waals surface area contributed by atoms with Crippen molar-refractivity contribution >= 4 is 93.0 Å². The smallest absolute Gasteiger partial charge is 0.474 e. The maximum atomic E-state index is 12.3. The molecule has 0 radical (unpaired) electrons. The highest BCUT2D eigenvalue weighted by molar-refractivity contribution is 7.81. The topological polar surface area (TPSA) is 508 Å². The van der Waals surface area contributed by atoms with Crippen molar-refractivity contribution in [3.8, 4) is 0 Å². The van der Waals surface area contributed by atoms with Crippen molar-refractivity contribution in [3.63, 3.8) is 0 Å². The van der Waals surface area contributed by atoms with Crippen molar-refractivity contribution in [3.05, 3.63) is 0 Å². The van der Waals surface area contributed by atoms with E-state index in [2.05, 4.69) is 29.9 Å². The zero-order chi connectivity index (χ0) is 49.3. The summed E-state index contributed by atoms with van der Waals surface area (Å²) in [7, 11) is -18.5. The highest BCUT2D eigenvalue weighted by atomic mass is 35.7. The number of nitrogen functional groups attached to an aromatic ring is 6. The molecule has 0 aliphatic carbocycles. The lowest BCUT2D eigenvalue weighted by Crippen LogP contribution is -2.48. The number of halogens is 1. The average molecular weight is 1120 g/mol. The quantitative estimate of drug-likeness (QED) is 0.155. The molecule has 0 aromatic carbocycles. The van der Waals surface area contributed by atoms with E-state index in [4.69, 9.17) is 118 Å². The summed E-state index contributed by atoms with van der Waals surface area (Å²) in [6, 6.07) is 0. The summed E-state index contributed by atoms with van der Waals surface area (Å²) < 4.78 is 151. The molecule has 0 amide bonds. The van der Waals surface area contributed by atoms with Crippen LogP contribution in [0, 0.1) is 21.7 Å². The number of anilines is 6. The molecule has 8 bridgehead atoms. The molecule has 12 aliphatic heterocycles. The van der Waals surface area contributed by atoms with Crippen molar-refractivity contribution in [2.24, 2.45) is 21.7 Å². The molecule has 14 rings (SSSR count). The summed E-state index contributed by atoms with van der Waals surface area (Å²) in [4.78, 5) is 32.0. The standard InChI is InChI=1S/C10H16ClO11P3.C10H17O12P3.2C3H6N6/c2*11-23(12,15-1-9-3-17-24(13,18-4-9)19-5-9)16-2-10-6-20-25(14,21-7-10)22-8-10;2*4-1-7-2(5)9-3(6)8-1/h1-8H2;1-8H2,(H,11,12);2*(H6,4,5,6,7,8,9). The predicted octanol–water partition coefficient (Wildman–Crippen LogP) is 0.196. The van der Waals surface area contributed by atoms with E-state index >= 15 is 0 Å². The van der Waals surface area contributed by atoms with Gasteiger partial charge in [0.25, 0.3) is 7.82 Å². The molecule has 2 aromatic heterocycles. The summed E-state index contributed by atoms with van der Waals surface area (Å²) in [6.07, 6.45) is 0. The fraction of sp³-hybridized carbons (Fsp3) is 0.769. The number of nitrogens with zero attached hydrogens (tertiary/aromatic N) is 5. The zero-order valence-corrected chi connectivity index (χ0v) is 41.1. The predicted molar refractivity (Wildman–Crippen MR) is 221 cm³/mol. The zero-order valence-electron chi connectivity index (χ0n) is 35.0. The van der Waals surface area contributed by atoms with Gasteiger partial charge in [0.15, 0.2) is 0 Å². The van der Waals surface area contributed by atoms with E-state index in [1.807, 2.05) is 0 Å². The highest BCUT2D eigenvalue weighted by Gasteiger charge is 2.55. The van der Waals surface area contributed by atoms with E-state index in [-0.39, 0.29) is 141 Å². The molecular weight excluding hydrogens is 1070 g/mol. The number of fused-ring (bicyclic) bond motifs is 12. The molecule has 384 valence electrons. The van der Waals surface area contributed by atoms with Crippen LogP contribution in [0.2, 0.25) is 0 Å². The molecular formula is C26H45ClN12O23P6. The van der Waals surface area contributed by atoms with E-state index in [0.717, 1.165) is 0 Å². The molecule has 42 heteroatoms. The molecule has 14 heterocycles. The van der Waals surface area contributed by atoms with Crippen LogP contribution in [0.4, 0.5) is 35.7 Å². The number of aromatic amines is 1. The number of phosphoric ester groups is 5. The number of rotatable bonds is 12. The normalized spacial score (nSPS) is 38.0. The van der Waals surface area contributed by atoms with Gasteiger partial charge in [-0.25, -0.2) is 27.8 Å². The number of hydrogen-bond donors (Lipinski definition) is 6. The van der Waals surface area contributed by atoms with Gasteiger partial charge in [-0.3, -0.25) is 67.9 Å². The Morgan fingerprint density at radius 1 is 0.456 bits per heavy atom. The second-order valence-corrected chi connectivity index (χ2v) is 26.6. The van der Waals surface area contributed by atoms with E-state index in [9.17, 15) is 32.3 Å². The SMILES string of the molecule is Nc1nc(N)[nH+]c(N)n1.Nc1nc(N)nc(N)n1.O=P(Cl)(OCC12COP(=O)(OC1)OC2)OCC12COP(=O)(OC1)OC2.O=P([O-])(OCC12COP(=O)(OC1)OC2)OCC12COP(=O)(OC1)OC2. The third kappa shape index (κ3) is 14.1. The number of aromatic nitrogens is 6. The minimum absolute atomic E-state index is 0.000972. The minimum Gasteiger partial charge on any atom is -0.756 e. The van der Waals surface area contributed by atoms with Crippen molar-refractivity contribution in [1.29, 1.82) is 0 Å². The average Bonchev–Trinajstić information content (AvgIpc) is 3.29. The van der Waals surface area contributed by atoms with Crippen molar-refractivity contribution in [2.45, 2.75) is 0 Å². The fourth-order valence-corrected chi connectivity index (χ4v) is 14.1. The third-order valence-corrected chi connectivity index (χ3v) is 17.6. The van der Waals surface area contributed by atoms with Gasteiger partial charge in [-0.05, 0) is 0 Å². The fourth-order valence-electron chi connectivity index (χ4n) is 5.86. The van der Waals surface area contributed by atoms with Crippen LogP contribution in [0.25, 0.3) is 0 Å². The Kier molecular flexibility index (Phi) is 16.1. The molecule has 12 saturated heterocycles. The Morgan fingerprint density at radius 2 is 0.662 bits per heavy atom. The molecule has 35 nitrogen and oxygen atoms in total. The summed E-state index contributed by atoms with van der Waals surface area (Å²) in [5, 5.41) is 0. The number of hydrogen-bond acceptors (Lipinski definition) is 34. The Balaban J connectivity index is 0.000000149. The molecule has 68 heavy (non-hydrogen) atoms. The molecule has 0 atom stereocenters. The van der Waals surface area contributed by atoms with Crippen LogP contribution in [-0.4, -0.2) is 131 Å². The first kappa shape index (κ1) is 53.6. The summed E-state index contributed by atoms with van der Waals surface area (Å²) >= 11 is 5.85. The van der Waals surface area contributed by atoms with Gasteiger partial charge < -0.3 is 48.3 Å². The van der Waals surface area contributed by atoms with Crippen LogP contribution in [0.3, 0.4) is 0 Å². The first-order valence-electron chi connectivity index (χ1n) is 19.1. The van der Waals surface area contributed by atoms with Gasteiger partial charge in [-0.2, -0.15) is 15.0 Å². The van der Waals surface area contributed by atoms with Crippen LogP contribution in [0.1, 0.15) is 0 Å². The number of H-pyrrole nitrogens is 1. The van der Waals surface area contributed by atoms with Crippen molar-refractivity contribution in [1.82, 2.24) is 24.9 Å². The van der Waals surface area contributed by atoms with Crippen LogP contribution < -0.4 is 44.3 Å². The molecule has 13 N–H and O–H groups in total. The third-order valence-electron chi connectivity index (χ3n) is 9.87. The molecule has 12 fully saturated rings. The largest absolute Gasteiger partial charge is 0.756 e. The second-order valence-electron chi connectivity index (χ2n) is 15.9. The first-order valence-corrected chi connectivity index (χ1v) is 28.9. The Morgan fingerprint density at radius 3 is 0.882 bits per heavy atom. The first-order chi connectivity index (χ1) is 31.7. The van der Waals surface area contributed by atoms with Crippen LogP contribution >= 0.6 is 57.3 Å². The molecule has 0 unspecified atom stereocenters. The lowest BCUT2D eigenvalue weighted by atomic mass is 9.93. The van der Waals surface area contributed by atoms with Gasteiger partial charge in [0, 0.05) is 11.2 Å². The second kappa shape index (κ2) is 20.4. The minimum atomic E-state index is -4.66. The lowest BCUT2D eigenvalue weighted by molar-refractivity contribution is -0.350. The van der Waals surface area contributed by atoms with Crippen LogP contribution in [0.5, 0.6) is 0 Å². The van der Waals surface area contributed by atoms with Gasteiger partial charge in [-0.15, -0.1) is 0 Å². The van der Waals surface area contributed by atoms with E-state index < -0.39 is 67.7 Å². The van der Waals surface area contributed by atoms with Crippen molar-refractivity contribution in [2.75, 3.05) is 140 Å². The summed E-state index contributed by atoms with van der Waals surface area (Å²) in [5.41, 5.74) is 27.7. The van der Waals surface area contributed by atoms with Crippen molar-refractivity contribution < 1.29 is 110 Å². The van der Waals surface area contributed by atoms with Gasteiger partial charge in [-0.1, -0.05) is 9.97 Å². The van der Waals surface area contributed by atoms with Gasteiger partial charge in [0.05, 0.1) is 127 Å². The molecule has 0 spiro atoms. The van der Waals surface area contributed by atoms with Gasteiger partial charge in [0.2, 0.25) is 17.8 Å².